The molecule has 1 unspecified atom stereocenters. The molecule has 0 bridgehead atoms. The molecule has 2 aromatic rings. The topological polar surface area (TPSA) is 42.2 Å². The highest BCUT2D eigenvalue weighted by molar-refractivity contribution is 5.56. The van der Waals surface area contributed by atoms with Gasteiger partial charge < -0.3 is 10.6 Å². The number of nitrogens with zero attached hydrogens (tertiary/aromatic N) is 2. The summed E-state index contributed by atoms with van der Waals surface area (Å²) in [6, 6.07) is 8.75. The molecule has 4 heteroatoms. The number of pyridine rings is 1. The number of anilines is 1. The van der Waals surface area contributed by atoms with Crippen LogP contribution in [0, 0.1) is 5.82 Å². The first-order chi connectivity index (χ1) is 9.63. The monoisotopic (exact) mass is 273 g/mol. The fourth-order valence-electron chi connectivity index (χ4n) is 2.29. The molecule has 0 saturated heterocycles. The molecule has 0 aliphatic carbocycles. The Morgan fingerprint density at radius 3 is 2.55 bits per heavy atom. The SMILES string of the molecule is CCN(Cc1ccncc1)c1c(F)cccc1C(C)N. The van der Waals surface area contributed by atoms with Gasteiger partial charge in [-0.1, -0.05) is 12.1 Å². The quantitative estimate of drug-likeness (QED) is 0.909. The molecule has 0 amide bonds. The van der Waals surface area contributed by atoms with Crippen LogP contribution in [-0.4, -0.2) is 11.5 Å². The minimum Gasteiger partial charge on any atom is -0.365 e. The van der Waals surface area contributed by atoms with Crippen LogP contribution in [-0.2, 0) is 6.54 Å². The lowest BCUT2D eigenvalue weighted by Crippen LogP contribution is -2.25. The third kappa shape index (κ3) is 3.14. The van der Waals surface area contributed by atoms with Crippen LogP contribution < -0.4 is 10.6 Å². The molecule has 1 aromatic heterocycles. The van der Waals surface area contributed by atoms with Crippen molar-refractivity contribution in [2.45, 2.75) is 26.4 Å². The minimum absolute atomic E-state index is 0.202. The summed E-state index contributed by atoms with van der Waals surface area (Å²) in [6.07, 6.45) is 3.49. The van der Waals surface area contributed by atoms with Gasteiger partial charge in [-0.05, 0) is 43.2 Å². The van der Waals surface area contributed by atoms with Crippen LogP contribution in [0.15, 0.2) is 42.7 Å². The van der Waals surface area contributed by atoms with Gasteiger partial charge in [0.1, 0.15) is 5.82 Å². The van der Waals surface area contributed by atoms with Gasteiger partial charge in [-0.25, -0.2) is 4.39 Å². The molecule has 0 radical (unpaired) electrons. The molecule has 0 fully saturated rings. The van der Waals surface area contributed by atoms with Gasteiger partial charge in [0.15, 0.2) is 0 Å². The molecular weight excluding hydrogens is 253 g/mol. The summed E-state index contributed by atoms with van der Waals surface area (Å²) in [7, 11) is 0. The van der Waals surface area contributed by atoms with Crippen molar-refractivity contribution < 1.29 is 4.39 Å². The van der Waals surface area contributed by atoms with Crippen LogP contribution in [0.5, 0.6) is 0 Å². The number of hydrogen-bond donors (Lipinski definition) is 1. The third-order valence-corrected chi connectivity index (χ3v) is 3.33. The highest BCUT2D eigenvalue weighted by Crippen LogP contribution is 2.29. The summed E-state index contributed by atoms with van der Waals surface area (Å²) in [6.45, 7) is 5.24. The first-order valence-electron chi connectivity index (χ1n) is 6.81. The summed E-state index contributed by atoms with van der Waals surface area (Å²) < 4.78 is 14.2. The number of para-hydroxylation sites is 1. The fourth-order valence-corrected chi connectivity index (χ4v) is 2.29. The summed E-state index contributed by atoms with van der Waals surface area (Å²) in [4.78, 5) is 6.01. The van der Waals surface area contributed by atoms with E-state index < -0.39 is 0 Å². The van der Waals surface area contributed by atoms with E-state index in [1.807, 2.05) is 36.9 Å². The number of halogens is 1. The van der Waals surface area contributed by atoms with Crippen molar-refractivity contribution in [3.05, 3.63) is 59.7 Å². The van der Waals surface area contributed by atoms with Crippen molar-refractivity contribution in [1.82, 2.24) is 4.98 Å². The summed E-state index contributed by atoms with van der Waals surface area (Å²) >= 11 is 0. The van der Waals surface area contributed by atoms with Crippen molar-refractivity contribution in [2.75, 3.05) is 11.4 Å². The van der Waals surface area contributed by atoms with Crippen molar-refractivity contribution in [1.29, 1.82) is 0 Å². The molecule has 2 rings (SSSR count). The van der Waals surface area contributed by atoms with Crippen LogP contribution in [0.4, 0.5) is 10.1 Å². The van der Waals surface area contributed by atoms with Crippen molar-refractivity contribution in [3.8, 4) is 0 Å². The Morgan fingerprint density at radius 1 is 1.25 bits per heavy atom. The highest BCUT2D eigenvalue weighted by Gasteiger charge is 2.17. The van der Waals surface area contributed by atoms with E-state index in [0.29, 0.717) is 18.8 Å². The van der Waals surface area contributed by atoms with E-state index in [0.717, 1.165) is 11.1 Å². The second-order valence-corrected chi connectivity index (χ2v) is 4.84. The fraction of sp³-hybridized carbons (Fsp3) is 0.312. The van der Waals surface area contributed by atoms with Crippen molar-refractivity contribution in [3.63, 3.8) is 0 Å². The van der Waals surface area contributed by atoms with E-state index in [-0.39, 0.29) is 11.9 Å². The number of hydrogen-bond acceptors (Lipinski definition) is 3. The Hall–Kier alpha value is -1.94. The molecule has 2 N–H and O–H groups in total. The van der Waals surface area contributed by atoms with Gasteiger partial charge in [-0.3, -0.25) is 4.98 Å². The Morgan fingerprint density at radius 2 is 1.95 bits per heavy atom. The van der Waals surface area contributed by atoms with Crippen molar-refractivity contribution >= 4 is 5.69 Å². The lowest BCUT2D eigenvalue weighted by atomic mass is 10.0. The van der Waals surface area contributed by atoms with Gasteiger partial charge in [0, 0.05) is 31.5 Å². The molecule has 0 saturated carbocycles. The van der Waals surface area contributed by atoms with Gasteiger partial charge in [0.2, 0.25) is 0 Å². The molecular formula is C16H20FN3. The molecule has 0 aliphatic rings. The number of benzene rings is 1. The molecule has 1 aromatic carbocycles. The van der Waals surface area contributed by atoms with Crippen LogP contribution >= 0.6 is 0 Å². The van der Waals surface area contributed by atoms with E-state index in [1.165, 1.54) is 6.07 Å². The minimum atomic E-state index is -0.226. The van der Waals surface area contributed by atoms with E-state index in [2.05, 4.69) is 4.98 Å². The number of aromatic nitrogens is 1. The zero-order chi connectivity index (χ0) is 14.5. The maximum Gasteiger partial charge on any atom is 0.146 e. The van der Waals surface area contributed by atoms with Gasteiger partial charge in [-0.2, -0.15) is 0 Å². The van der Waals surface area contributed by atoms with E-state index in [1.54, 1.807) is 18.5 Å². The molecule has 1 heterocycles. The third-order valence-electron chi connectivity index (χ3n) is 3.33. The normalized spacial score (nSPS) is 12.2. The van der Waals surface area contributed by atoms with Gasteiger partial charge >= 0.3 is 0 Å². The standard InChI is InChI=1S/C16H20FN3/c1-3-20(11-13-7-9-19-10-8-13)16-14(12(2)18)5-4-6-15(16)17/h4-10,12H,3,11,18H2,1-2H3. The summed E-state index contributed by atoms with van der Waals surface area (Å²) in [5, 5.41) is 0. The number of nitrogens with two attached hydrogens (primary N) is 1. The Bertz CT molecular complexity index is 555. The van der Waals surface area contributed by atoms with Crippen LogP contribution in [0.2, 0.25) is 0 Å². The van der Waals surface area contributed by atoms with Crippen LogP contribution in [0.25, 0.3) is 0 Å². The lowest BCUT2D eigenvalue weighted by Gasteiger charge is -2.27. The average Bonchev–Trinajstić information content (AvgIpc) is 2.46. The predicted octanol–water partition coefficient (Wildman–Crippen LogP) is 3.27. The van der Waals surface area contributed by atoms with E-state index in [9.17, 15) is 4.39 Å². The smallest absolute Gasteiger partial charge is 0.146 e. The first-order valence-corrected chi connectivity index (χ1v) is 6.81. The van der Waals surface area contributed by atoms with E-state index >= 15 is 0 Å². The van der Waals surface area contributed by atoms with E-state index in [4.69, 9.17) is 5.73 Å². The second-order valence-electron chi connectivity index (χ2n) is 4.84. The first kappa shape index (κ1) is 14.5. The highest BCUT2D eigenvalue weighted by atomic mass is 19.1. The molecule has 1 atom stereocenters. The Labute approximate surface area is 119 Å². The molecule has 0 aliphatic heterocycles. The summed E-state index contributed by atoms with van der Waals surface area (Å²) in [5.41, 5.74) is 8.50. The zero-order valence-corrected chi connectivity index (χ0v) is 11.9. The van der Waals surface area contributed by atoms with Crippen LogP contribution in [0.3, 0.4) is 0 Å². The average molecular weight is 273 g/mol. The van der Waals surface area contributed by atoms with Gasteiger partial charge in [0.25, 0.3) is 0 Å². The van der Waals surface area contributed by atoms with Gasteiger partial charge in [-0.15, -0.1) is 0 Å². The Balaban J connectivity index is 2.37. The van der Waals surface area contributed by atoms with Crippen LogP contribution in [0.1, 0.15) is 31.0 Å². The molecule has 20 heavy (non-hydrogen) atoms. The molecule has 0 spiro atoms. The Kier molecular flexibility index (Phi) is 4.69. The zero-order valence-electron chi connectivity index (χ0n) is 11.9. The molecule has 106 valence electrons. The second kappa shape index (κ2) is 6.48. The van der Waals surface area contributed by atoms with Gasteiger partial charge in [0.05, 0.1) is 5.69 Å². The molecule has 3 nitrogen and oxygen atoms in total. The largest absolute Gasteiger partial charge is 0.365 e. The maximum absolute atomic E-state index is 14.2. The maximum atomic E-state index is 14.2. The van der Waals surface area contributed by atoms with Crippen molar-refractivity contribution in [2.24, 2.45) is 5.73 Å². The summed E-state index contributed by atoms with van der Waals surface area (Å²) in [5.74, 6) is -0.226. The number of rotatable bonds is 5. The lowest BCUT2D eigenvalue weighted by molar-refractivity contribution is 0.611. The predicted molar refractivity (Wildman–Crippen MR) is 80.0 cm³/mol.